The van der Waals surface area contributed by atoms with Gasteiger partial charge in [0, 0.05) is 18.8 Å². The zero-order valence-electron chi connectivity index (χ0n) is 10.8. The number of nitriles is 1. The quantitative estimate of drug-likeness (QED) is 0.798. The maximum atomic E-state index is 12.6. The predicted octanol–water partition coefficient (Wildman–Crippen LogP) is 0.751. The Kier molecular flexibility index (Phi) is 3.85. The normalized spacial score (nSPS) is 24.9. The van der Waals surface area contributed by atoms with Crippen molar-refractivity contribution in [3.8, 4) is 6.07 Å². The highest BCUT2D eigenvalue weighted by Gasteiger charge is 2.35. The summed E-state index contributed by atoms with van der Waals surface area (Å²) in [6, 6.07) is 4.49. The first-order chi connectivity index (χ1) is 8.96. The first kappa shape index (κ1) is 13.9. The molecule has 1 saturated heterocycles. The summed E-state index contributed by atoms with van der Waals surface area (Å²) < 4.78 is 32.0. The molecule has 1 aromatic heterocycles. The molecule has 2 unspecified atom stereocenters. The van der Waals surface area contributed by atoms with Crippen molar-refractivity contribution in [2.75, 3.05) is 13.2 Å². The average Bonchev–Trinajstić information content (AvgIpc) is 2.41. The Morgan fingerprint density at radius 3 is 2.95 bits per heavy atom. The van der Waals surface area contributed by atoms with Gasteiger partial charge >= 0.3 is 0 Å². The van der Waals surface area contributed by atoms with Crippen molar-refractivity contribution in [3.63, 3.8) is 0 Å². The minimum absolute atomic E-state index is 0.0431. The van der Waals surface area contributed by atoms with Gasteiger partial charge in [0.05, 0.1) is 12.7 Å². The van der Waals surface area contributed by atoms with Gasteiger partial charge in [0.25, 0.3) is 0 Å². The molecule has 1 aliphatic rings. The van der Waals surface area contributed by atoms with E-state index in [1.807, 2.05) is 13.0 Å². The molecule has 0 spiro atoms. The molecule has 6 nitrogen and oxygen atoms in total. The first-order valence-electron chi connectivity index (χ1n) is 5.95. The van der Waals surface area contributed by atoms with E-state index in [1.54, 1.807) is 6.92 Å². The molecule has 0 bridgehead atoms. The zero-order valence-corrected chi connectivity index (χ0v) is 11.6. The van der Waals surface area contributed by atoms with Crippen molar-refractivity contribution in [1.82, 2.24) is 9.29 Å². The number of hydrogen-bond acceptors (Lipinski definition) is 5. The Balaban J connectivity index is 2.45. The Labute approximate surface area is 112 Å². The fourth-order valence-corrected chi connectivity index (χ4v) is 3.80. The van der Waals surface area contributed by atoms with E-state index in [0.29, 0.717) is 6.61 Å². The minimum atomic E-state index is -3.72. The molecule has 1 fully saturated rings. The molecule has 19 heavy (non-hydrogen) atoms. The molecule has 1 aromatic rings. The van der Waals surface area contributed by atoms with E-state index in [2.05, 4.69) is 4.98 Å². The Hall–Kier alpha value is -1.49. The fraction of sp³-hybridized carbons (Fsp3) is 0.500. The monoisotopic (exact) mass is 281 g/mol. The van der Waals surface area contributed by atoms with E-state index < -0.39 is 10.0 Å². The summed E-state index contributed by atoms with van der Waals surface area (Å²) in [6.45, 7) is 4.24. The topological polar surface area (TPSA) is 83.3 Å². The molecule has 2 heterocycles. The van der Waals surface area contributed by atoms with E-state index in [1.165, 1.54) is 22.6 Å². The van der Waals surface area contributed by atoms with Crippen LogP contribution in [0.2, 0.25) is 0 Å². The fourth-order valence-electron chi connectivity index (χ4n) is 2.02. The van der Waals surface area contributed by atoms with Crippen LogP contribution in [0.1, 0.15) is 19.5 Å². The number of ether oxygens (including phenoxy) is 1. The van der Waals surface area contributed by atoms with Crippen LogP contribution in [0, 0.1) is 11.3 Å². The number of aromatic nitrogens is 1. The van der Waals surface area contributed by atoms with E-state index in [-0.39, 0.29) is 29.3 Å². The maximum Gasteiger partial charge on any atom is 0.246 e. The number of rotatable bonds is 2. The highest BCUT2D eigenvalue weighted by atomic mass is 32.2. The van der Waals surface area contributed by atoms with Crippen molar-refractivity contribution in [2.45, 2.75) is 30.9 Å². The Morgan fingerprint density at radius 2 is 2.26 bits per heavy atom. The van der Waals surface area contributed by atoms with Crippen LogP contribution in [-0.2, 0) is 14.8 Å². The third kappa shape index (κ3) is 2.61. The van der Waals surface area contributed by atoms with Crippen molar-refractivity contribution in [1.29, 1.82) is 5.26 Å². The molecular weight excluding hydrogens is 266 g/mol. The molecule has 0 aromatic carbocycles. The van der Waals surface area contributed by atoms with E-state index in [0.717, 1.165) is 0 Å². The number of sulfonamides is 1. The van der Waals surface area contributed by atoms with Gasteiger partial charge in [-0.15, -0.1) is 0 Å². The molecule has 0 amide bonds. The molecular formula is C12H15N3O3S. The molecule has 0 N–H and O–H groups in total. The number of hydrogen-bond donors (Lipinski definition) is 0. The molecule has 1 aliphatic heterocycles. The summed E-state index contributed by atoms with van der Waals surface area (Å²) in [5, 5.41) is 8.98. The Bertz CT molecular complexity index is 609. The summed E-state index contributed by atoms with van der Waals surface area (Å²) in [4.78, 5) is 3.76. The van der Waals surface area contributed by atoms with Crippen LogP contribution in [0.3, 0.4) is 0 Å². The number of morpholine rings is 1. The standard InChI is InChI=1S/C12H15N3O3S/c1-9-8-18-10(2)7-15(9)19(16,17)12-4-3-5-14-11(12)6-13/h3-5,9-10H,7-8H2,1-2H3. The van der Waals surface area contributed by atoms with Gasteiger partial charge in [0.15, 0.2) is 5.69 Å². The van der Waals surface area contributed by atoms with Crippen LogP contribution in [0.4, 0.5) is 0 Å². The summed E-state index contributed by atoms with van der Waals surface area (Å²) in [6.07, 6.45) is 1.25. The van der Waals surface area contributed by atoms with Gasteiger partial charge in [-0.25, -0.2) is 13.4 Å². The van der Waals surface area contributed by atoms with Gasteiger partial charge in [0.2, 0.25) is 10.0 Å². The van der Waals surface area contributed by atoms with E-state index >= 15 is 0 Å². The van der Waals surface area contributed by atoms with E-state index in [4.69, 9.17) is 10.00 Å². The van der Waals surface area contributed by atoms with Crippen molar-refractivity contribution in [3.05, 3.63) is 24.0 Å². The second-order valence-electron chi connectivity index (χ2n) is 4.53. The first-order valence-corrected chi connectivity index (χ1v) is 7.39. The second kappa shape index (κ2) is 5.25. The highest BCUT2D eigenvalue weighted by Crippen LogP contribution is 2.23. The molecule has 0 aliphatic carbocycles. The predicted molar refractivity (Wildman–Crippen MR) is 67.7 cm³/mol. The molecule has 2 atom stereocenters. The van der Waals surface area contributed by atoms with Gasteiger partial charge in [-0.2, -0.15) is 9.57 Å². The van der Waals surface area contributed by atoms with Gasteiger partial charge < -0.3 is 4.74 Å². The molecule has 0 radical (unpaired) electrons. The Morgan fingerprint density at radius 1 is 1.53 bits per heavy atom. The molecule has 2 rings (SSSR count). The largest absolute Gasteiger partial charge is 0.375 e. The molecule has 7 heteroatoms. The minimum Gasteiger partial charge on any atom is -0.375 e. The van der Waals surface area contributed by atoms with Crippen LogP contribution in [0.15, 0.2) is 23.2 Å². The number of nitrogens with zero attached hydrogens (tertiary/aromatic N) is 3. The SMILES string of the molecule is CC1CN(S(=O)(=O)c2cccnc2C#N)C(C)CO1. The molecule has 0 saturated carbocycles. The van der Waals surface area contributed by atoms with Crippen LogP contribution >= 0.6 is 0 Å². The van der Waals surface area contributed by atoms with Crippen molar-refractivity contribution >= 4 is 10.0 Å². The molecule has 102 valence electrons. The van der Waals surface area contributed by atoms with Crippen LogP contribution in [-0.4, -0.2) is 43.0 Å². The number of pyridine rings is 1. The highest BCUT2D eigenvalue weighted by molar-refractivity contribution is 7.89. The third-order valence-electron chi connectivity index (χ3n) is 3.01. The lowest BCUT2D eigenvalue weighted by molar-refractivity contribution is -0.0170. The zero-order chi connectivity index (χ0) is 14.0. The smallest absolute Gasteiger partial charge is 0.246 e. The summed E-state index contributed by atoms with van der Waals surface area (Å²) in [7, 11) is -3.72. The summed E-state index contributed by atoms with van der Waals surface area (Å²) >= 11 is 0. The van der Waals surface area contributed by atoms with Gasteiger partial charge in [-0.3, -0.25) is 0 Å². The lowest BCUT2D eigenvalue weighted by Crippen LogP contribution is -2.50. The van der Waals surface area contributed by atoms with Gasteiger partial charge in [-0.05, 0) is 26.0 Å². The van der Waals surface area contributed by atoms with Crippen LogP contribution in [0.5, 0.6) is 0 Å². The summed E-state index contributed by atoms with van der Waals surface area (Å²) in [5.74, 6) is 0. The lowest BCUT2D eigenvalue weighted by Gasteiger charge is -2.35. The van der Waals surface area contributed by atoms with Crippen LogP contribution in [0.25, 0.3) is 0 Å². The van der Waals surface area contributed by atoms with Gasteiger partial charge in [-0.1, -0.05) is 0 Å². The second-order valence-corrected chi connectivity index (χ2v) is 6.39. The lowest BCUT2D eigenvalue weighted by atomic mass is 10.2. The summed E-state index contributed by atoms with van der Waals surface area (Å²) in [5.41, 5.74) is -0.0751. The maximum absolute atomic E-state index is 12.6. The van der Waals surface area contributed by atoms with Crippen LogP contribution < -0.4 is 0 Å². The van der Waals surface area contributed by atoms with Crippen molar-refractivity contribution in [2.24, 2.45) is 0 Å². The average molecular weight is 281 g/mol. The van der Waals surface area contributed by atoms with Crippen molar-refractivity contribution < 1.29 is 13.2 Å². The van der Waals surface area contributed by atoms with E-state index in [9.17, 15) is 8.42 Å². The third-order valence-corrected chi connectivity index (χ3v) is 5.03. The van der Waals surface area contributed by atoms with Gasteiger partial charge in [0.1, 0.15) is 11.0 Å².